The molecule has 0 heteroatoms. The van der Waals surface area contributed by atoms with Crippen molar-refractivity contribution in [3.8, 4) is 0 Å². The Morgan fingerprint density at radius 3 is 2.06 bits per heavy atom. The van der Waals surface area contributed by atoms with Gasteiger partial charge in [-0.3, -0.25) is 0 Å². The van der Waals surface area contributed by atoms with Crippen LogP contribution in [0.3, 0.4) is 0 Å². The van der Waals surface area contributed by atoms with Crippen LogP contribution in [0.2, 0.25) is 0 Å². The van der Waals surface area contributed by atoms with Crippen molar-refractivity contribution in [3.05, 3.63) is 47.1 Å². The average molecular weight is 230 g/mol. The summed E-state index contributed by atoms with van der Waals surface area (Å²) in [6.07, 6.45) is 11.3. The molecule has 0 saturated carbocycles. The van der Waals surface area contributed by atoms with Gasteiger partial charge >= 0.3 is 0 Å². The number of hydrogen-bond acceptors (Lipinski definition) is 0. The second kappa shape index (κ2) is 6.64. The predicted molar refractivity (Wildman–Crippen MR) is 78.0 cm³/mol. The molecule has 0 heterocycles. The highest BCUT2D eigenvalue weighted by Gasteiger charge is 2.18. The van der Waals surface area contributed by atoms with Gasteiger partial charge in [0.05, 0.1) is 0 Å². The van der Waals surface area contributed by atoms with Gasteiger partial charge in [-0.25, -0.2) is 0 Å². The van der Waals surface area contributed by atoms with Crippen molar-refractivity contribution in [1.29, 1.82) is 0 Å². The van der Waals surface area contributed by atoms with Crippen LogP contribution in [0.1, 0.15) is 53.4 Å². The standard InChI is InChI=1S/C17H26/c1-6-13-11-12-14(7-2)16(9-4)17(10-5)15(13)8-3/h6,11-13H,1,7-10H2,2-5H3. The molecule has 17 heavy (non-hydrogen) atoms. The lowest BCUT2D eigenvalue weighted by Gasteiger charge is -2.18. The molecule has 94 valence electrons. The zero-order chi connectivity index (χ0) is 12.8. The first-order chi connectivity index (χ1) is 8.23. The quantitative estimate of drug-likeness (QED) is 0.540. The molecule has 0 nitrogen and oxygen atoms in total. The Morgan fingerprint density at radius 2 is 1.65 bits per heavy atom. The molecular formula is C17H26. The first kappa shape index (κ1) is 14.0. The molecule has 0 aromatic carbocycles. The molecule has 0 aromatic rings. The number of rotatable bonds is 5. The highest BCUT2D eigenvalue weighted by Crippen LogP contribution is 2.35. The molecule has 0 aromatic heterocycles. The molecule has 0 aliphatic heterocycles. The fraction of sp³-hybridized carbons (Fsp3) is 0.529. The van der Waals surface area contributed by atoms with E-state index in [4.69, 9.17) is 0 Å². The molecular weight excluding hydrogens is 204 g/mol. The van der Waals surface area contributed by atoms with Crippen LogP contribution in [-0.2, 0) is 0 Å². The summed E-state index contributed by atoms with van der Waals surface area (Å²) in [5.74, 6) is 0.431. The van der Waals surface area contributed by atoms with Crippen LogP contribution in [0.5, 0.6) is 0 Å². The SMILES string of the molecule is C=CC1C=CC(CC)=C(CC)C(CC)=C1CC. The molecule has 0 amide bonds. The topological polar surface area (TPSA) is 0 Å². The molecule has 0 spiro atoms. The van der Waals surface area contributed by atoms with E-state index >= 15 is 0 Å². The minimum absolute atomic E-state index is 0.431. The smallest absolute Gasteiger partial charge is 0.0163 e. The lowest BCUT2D eigenvalue weighted by molar-refractivity contribution is 0.844. The summed E-state index contributed by atoms with van der Waals surface area (Å²) in [5, 5.41) is 0. The zero-order valence-electron chi connectivity index (χ0n) is 11.8. The fourth-order valence-electron chi connectivity index (χ4n) is 2.91. The second-order valence-corrected chi connectivity index (χ2v) is 4.54. The van der Waals surface area contributed by atoms with Crippen molar-refractivity contribution >= 4 is 0 Å². The van der Waals surface area contributed by atoms with Gasteiger partial charge in [0.15, 0.2) is 0 Å². The Balaban J connectivity index is 3.41. The molecule has 1 aliphatic carbocycles. The lowest BCUT2D eigenvalue weighted by Crippen LogP contribution is -2.02. The average Bonchev–Trinajstić information content (AvgIpc) is 2.52. The molecule has 0 bridgehead atoms. The molecule has 1 aliphatic rings. The maximum atomic E-state index is 3.99. The largest absolute Gasteiger partial charge is 0.102 e. The van der Waals surface area contributed by atoms with E-state index in [9.17, 15) is 0 Å². The van der Waals surface area contributed by atoms with Crippen LogP contribution >= 0.6 is 0 Å². The minimum Gasteiger partial charge on any atom is -0.102 e. The van der Waals surface area contributed by atoms with E-state index in [-0.39, 0.29) is 0 Å². The van der Waals surface area contributed by atoms with E-state index in [1.165, 1.54) is 5.57 Å². The Morgan fingerprint density at radius 1 is 1.00 bits per heavy atom. The molecule has 1 rings (SSSR count). The maximum Gasteiger partial charge on any atom is 0.0163 e. The first-order valence-corrected chi connectivity index (χ1v) is 6.98. The van der Waals surface area contributed by atoms with Gasteiger partial charge in [-0.1, -0.05) is 51.5 Å². The lowest BCUT2D eigenvalue weighted by atomic mass is 9.87. The summed E-state index contributed by atoms with van der Waals surface area (Å²) in [6, 6.07) is 0. The van der Waals surface area contributed by atoms with Crippen LogP contribution in [-0.4, -0.2) is 0 Å². The Bertz CT molecular complexity index is 363. The third kappa shape index (κ3) is 2.80. The van der Waals surface area contributed by atoms with Crippen molar-refractivity contribution < 1.29 is 0 Å². The van der Waals surface area contributed by atoms with Gasteiger partial charge in [0.1, 0.15) is 0 Å². The normalized spacial score (nSPS) is 20.8. The van der Waals surface area contributed by atoms with Crippen molar-refractivity contribution in [2.75, 3.05) is 0 Å². The van der Waals surface area contributed by atoms with Gasteiger partial charge in [0.25, 0.3) is 0 Å². The minimum atomic E-state index is 0.431. The summed E-state index contributed by atoms with van der Waals surface area (Å²) in [4.78, 5) is 0. The third-order valence-electron chi connectivity index (χ3n) is 3.77. The maximum absolute atomic E-state index is 3.99. The van der Waals surface area contributed by atoms with Gasteiger partial charge in [0.2, 0.25) is 0 Å². The second-order valence-electron chi connectivity index (χ2n) is 4.54. The van der Waals surface area contributed by atoms with E-state index in [0.717, 1.165) is 25.7 Å². The number of allylic oxidation sites excluding steroid dienone is 7. The van der Waals surface area contributed by atoms with Crippen molar-refractivity contribution in [2.45, 2.75) is 53.4 Å². The summed E-state index contributed by atoms with van der Waals surface area (Å²) in [6.45, 7) is 13.1. The summed E-state index contributed by atoms with van der Waals surface area (Å²) in [7, 11) is 0. The van der Waals surface area contributed by atoms with E-state index in [1.54, 1.807) is 16.7 Å². The van der Waals surface area contributed by atoms with Crippen LogP contribution in [0.15, 0.2) is 47.1 Å². The van der Waals surface area contributed by atoms with E-state index in [0.29, 0.717) is 5.92 Å². The van der Waals surface area contributed by atoms with Crippen molar-refractivity contribution in [2.24, 2.45) is 5.92 Å². The fourth-order valence-corrected chi connectivity index (χ4v) is 2.91. The molecule has 0 radical (unpaired) electrons. The van der Waals surface area contributed by atoms with Crippen molar-refractivity contribution in [3.63, 3.8) is 0 Å². The molecule has 1 unspecified atom stereocenters. The highest BCUT2D eigenvalue weighted by molar-refractivity contribution is 5.47. The predicted octanol–water partition coefficient (Wildman–Crippen LogP) is 5.59. The number of hydrogen-bond donors (Lipinski definition) is 0. The summed E-state index contributed by atoms with van der Waals surface area (Å²) < 4.78 is 0. The van der Waals surface area contributed by atoms with E-state index in [2.05, 4.69) is 52.5 Å². The monoisotopic (exact) mass is 230 g/mol. The summed E-state index contributed by atoms with van der Waals surface area (Å²) in [5.41, 5.74) is 6.24. The summed E-state index contributed by atoms with van der Waals surface area (Å²) >= 11 is 0. The van der Waals surface area contributed by atoms with Crippen molar-refractivity contribution in [1.82, 2.24) is 0 Å². The molecule has 0 fully saturated rings. The Kier molecular flexibility index (Phi) is 5.47. The van der Waals surface area contributed by atoms with Crippen LogP contribution in [0, 0.1) is 5.92 Å². The van der Waals surface area contributed by atoms with Crippen LogP contribution in [0.25, 0.3) is 0 Å². The molecule has 0 N–H and O–H groups in total. The van der Waals surface area contributed by atoms with Gasteiger partial charge in [-0.2, -0.15) is 0 Å². The zero-order valence-corrected chi connectivity index (χ0v) is 11.8. The van der Waals surface area contributed by atoms with E-state index in [1.807, 2.05) is 0 Å². The van der Waals surface area contributed by atoms with E-state index < -0.39 is 0 Å². The highest BCUT2D eigenvalue weighted by atomic mass is 14.2. The Hall–Kier alpha value is -1.04. The van der Waals surface area contributed by atoms with Gasteiger partial charge in [-0.15, -0.1) is 6.58 Å². The van der Waals surface area contributed by atoms with Crippen LogP contribution < -0.4 is 0 Å². The molecule has 0 saturated heterocycles. The van der Waals surface area contributed by atoms with Crippen LogP contribution in [0.4, 0.5) is 0 Å². The molecule has 1 atom stereocenters. The third-order valence-corrected chi connectivity index (χ3v) is 3.77. The van der Waals surface area contributed by atoms with Gasteiger partial charge in [0, 0.05) is 5.92 Å². The van der Waals surface area contributed by atoms with Gasteiger partial charge in [-0.05, 0) is 42.4 Å². The Labute approximate surface area is 107 Å². The van der Waals surface area contributed by atoms with Gasteiger partial charge < -0.3 is 0 Å². The first-order valence-electron chi connectivity index (χ1n) is 6.98.